The summed E-state index contributed by atoms with van der Waals surface area (Å²) in [5.41, 5.74) is 5.34. The molecule has 1 atom stereocenters. The number of benzene rings is 1. The highest BCUT2D eigenvalue weighted by atomic mass is 35.5. The van der Waals surface area contributed by atoms with E-state index in [1.54, 1.807) is 6.92 Å². The van der Waals surface area contributed by atoms with Gasteiger partial charge in [0, 0.05) is 17.6 Å². The van der Waals surface area contributed by atoms with E-state index in [0.29, 0.717) is 0 Å². The molecule has 1 unspecified atom stereocenters. The van der Waals surface area contributed by atoms with Crippen LogP contribution in [0.4, 0.5) is 0 Å². The molecule has 0 aliphatic rings. The lowest BCUT2D eigenvalue weighted by Gasteiger charge is -2.14. The van der Waals surface area contributed by atoms with Gasteiger partial charge >= 0.3 is 0 Å². The molecular weight excluding hydrogens is 307 g/mol. The molecule has 4 nitrogen and oxygen atoms in total. The number of nitrogens with one attached hydrogen (secondary N) is 1. The molecule has 0 radical (unpaired) electrons. The smallest absolute Gasteiger partial charge is 0.243 e. The van der Waals surface area contributed by atoms with Crippen molar-refractivity contribution in [3.63, 3.8) is 0 Å². The van der Waals surface area contributed by atoms with E-state index in [-0.39, 0.29) is 26.5 Å². The Morgan fingerprint density at radius 2 is 1.76 bits per heavy atom. The van der Waals surface area contributed by atoms with Gasteiger partial charge in [0.2, 0.25) is 10.0 Å². The molecule has 8 heteroatoms. The van der Waals surface area contributed by atoms with Crippen LogP contribution in [0, 0.1) is 0 Å². The number of hydrogen-bond donors (Lipinski definition) is 2. The van der Waals surface area contributed by atoms with E-state index in [1.807, 2.05) is 0 Å². The standard InChI is InChI=1S/C9H11Cl3N2O2S/c1-5(4-13)14-17(15,16)9-7(11)2-6(10)3-8(9)12/h2-3,5,14H,4,13H2,1H3. The second-order valence-corrected chi connectivity index (χ2v) is 6.36. The van der Waals surface area contributed by atoms with Crippen molar-refractivity contribution < 1.29 is 8.42 Å². The fourth-order valence-electron chi connectivity index (χ4n) is 1.16. The average Bonchev–Trinajstić information content (AvgIpc) is 2.14. The van der Waals surface area contributed by atoms with Crippen molar-refractivity contribution in [1.29, 1.82) is 0 Å². The van der Waals surface area contributed by atoms with Crippen molar-refractivity contribution in [2.75, 3.05) is 6.54 Å². The second-order valence-electron chi connectivity index (χ2n) is 3.46. The summed E-state index contributed by atoms with van der Waals surface area (Å²) >= 11 is 17.4. The lowest BCUT2D eigenvalue weighted by atomic mass is 10.4. The van der Waals surface area contributed by atoms with Gasteiger partial charge in [0.15, 0.2) is 0 Å². The summed E-state index contributed by atoms with van der Waals surface area (Å²) < 4.78 is 26.3. The zero-order valence-electron chi connectivity index (χ0n) is 8.88. The normalized spacial score (nSPS) is 13.7. The van der Waals surface area contributed by atoms with Crippen molar-refractivity contribution in [3.05, 3.63) is 27.2 Å². The Morgan fingerprint density at radius 3 is 2.18 bits per heavy atom. The Hall–Kier alpha value is -0.0400. The van der Waals surface area contributed by atoms with Gasteiger partial charge in [-0.25, -0.2) is 13.1 Å². The average molecular weight is 318 g/mol. The van der Waals surface area contributed by atoms with E-state index >= 15 is 0 Å². The molecular formula is C9H11Cl3N2O2S. The molecule has 1 aromatic carbocycles. The van der Waals surface area contributed by atoms with E-state index in [2.05, 4.69) is 4.72 Å². The molecule has 3 N–H and O–H groups in total. The van der Waals surface area contributed by atoms with Gasteiger partial charge in [-0.1, -0.05) is 34.8 Å². The van der Waals surface area contributed by atoms with Crippen LogP contribution < -0.4 is 10.5 Å². The number of halogens is 3. The third-order valence-corrected chi connectivity index (χ3v) is 4.67. The molecule has 0 spiro atoms. The first kappa shape index (κ1) is 15.0. The molecule has 0 saturated heterocycles. The van der Waals surface area contributed by atoms with Gasteiger partial charge in [0.25, 0.3) is 0 Å². The van der Waals surface area contributed by atoms with Gasteiger partial charge in [-0.15, -0.1) is 0 Å². The van der Waals surface area contributed by atoms with E-state index < -0.39 is 16.1 Å². The summed E-state index contributed by atoms with van der Waals surface area (Å²) in [6.45, 7) is 1.80. The Kier molecular flexibility index (Phi) is 5.07. The molecule has 1 aromatic rings. The zero-order valence-corrected chi connectivity index (χ0v) is 12.0. The van der Waals surface area contributed by atoms with Crippen LogP contribution in [0.15, 0.2) is 17.0 Å². The number of nitrogens with two attached hydrogens (primary N) is 1. The molecule has 0 aromatic heterocycles. The maximum Gasteiger partial charge on any atom is 0.243 e. The van der Waals surface area contributed by atoms with E-state index in [9.17, 15) is 8.42 Å². The first-order chi connectivity index (χ1) is 7.77. The predicted molar refractivity (Wildman–Crippen MR) is 70.3 cm³/mol. The summed E-state index contributed by atoms with van der Waals surface area (Å²) in [6, 6.07) is 2.22. The fourth-order valence-corrected chi connectivity index (χ4v) is 3.96. The summed E-state index contributed by atoms with van der Waals surface area (Å²) in [5, 5.41) is 0.212. The summed E-state index contributed by atoms with van der Waals surface area (Å²) in [5.74, 6) is 0. The lowest BCUT2D eigenvalue weighted by Crippen LogP contribution is -2.38. The summed E-state index contributed by atoms with van der Waals surface area (Å²) in [6.07, 6.45) is 0. The Bertz CT molecular complexity index is 496. The topological polar surface area (TPSA) is 72.2 Å². The Balaban J connectivity index is 3.25. The highest BCUT2D eigenvalue weighted by Gasteiger charge is 2.23. The number of sulfonamides is 1. The third kappa shape index (κ3) is 3.71. The lowest BCUT2D eigenvalue weighted by molar-refractivity contribution is 0.563. The molecule has 0 aliphatic heterocycles. The minimum Gasteiger partial charge on any atom is -0.329 e. The van der Waals surface area contributed by atoms with Crippen LogP contribution in [0.2, 0.25) is 15.1 Å². The van der Waals surface area contributed by atoms with Gasteiger partial charge in [-0.2, -0.15) is 0 Å². The quantitative estimate of drug-likeness (QED) is 0.895. The van der Waals surface area contributed by atoms with E-state index in [0.717, 1.165) is 0 Å². The van der Waals surface area contributed by atoms with Crippen LogP contribution in [0.1, 0.15) is 6.92 Å². The minimum atomic E-state index is -3.80. The van der Waals surface area contributed by atoms with Gasteiger partial charge in [0.05, 0.1) is 10.0 Å². The van der Waals surface area contributed by atoms with Gasteiger partial charge < -0.3 is 5.73 Å². The molecule has 0 heterocycles. The Labute approximate surface area is 115 Å². The molecule has 96 valence electrons. The molecule has 0 fully saturated rings. The first-order valence-electron chi connectivity index (χ1n) is 4.65. The molecule has 0 saturated carbocycles. The van der Waals surface area contributed by atoms with Gasteiger partial charge in [-0.3, -0.25) is 0 Å². The monoisotopic (exact) mass is 316 g/mol. The van der Waals surface area contributed by atoms with E-state index in [1.165, 1.54) is 12.1 Å². The maximum absolute atomic E-state index is 12.0. The SMILES string of the molecule is CC(CN)NS(=O)(=O)c1c(Cl)cc(Cl)cc1Cl. The van der Waals surface area contributed by atoms with Gasteiger partial charge in [0.1, 0.15) is 4.90 Å². The first-order valence-corrected chi connectivity index (χ1v) is 7.26. The largest absolute Gasteiger partial charge is 0.329 e. The molecule has 0 aliphatic carbocycles. The molecule has 1 rings (SSSR count). The van der Waals surface area contributed by atoms with Crippen molar-refractivity contribution in [1.82, 2.24) is 4.72 Å². The van der Waals surface area contributed by atoms with Crippen molar-refractivity contribution in [3.8, 4) is 0 Å². The predicted octanol–water partition coefficient (Wildman–Crippen LogP) is 2.27. The molecule has 17 heavy (non-hydrogen) atoms. The van der Waals surface area contributed by atoms with Crippen LogP contribution in [0.3, 0.4) is 0 Å². The van der Waals surface area contributed by atoms with Crippen molar-refractivity contribution in [2.45, 2.75) is 17.9 Å². The van der Waals surface area contributed by atoms with Crippen molar-refractivity contribution in [2.24, 2.45) is 5.73 Å². The molecule has 0 amide bonds. The van der Waals surface area contributed by atoms with Crippen LogP contribution in [0.25, 0.3) is 0 Å². The highest BCUT2D eigenvalue weighted by molar-refractivity contribution is 7.89. The van der Waals surface area contributed by atoms with Crippen LogP contribution in [0.5, 0.6) is 0 Å². The Morgan fingerprint density at radius 1 is 1.29 bits per heavy atom. The summed E-state index contributed by atoms with van der Waals surface area (Å²) in [4.78, 5) is -0.189. The minimum absolute atomic E-state index is 0.0285. The zero-order chi connectivity index (χ0) is 13.2. The molecule has 0 bridgehead atoms. The van der Waals surface area contributed by atoms with E-state index in [4.69, 9.17) is 40.5 Å². The van der Waals surface area contributed by atoms with Gasteiger partial charge in [-0.05, 0) is 19.1 Å². The number of rotatable bonds is 4. The van der Waals surface area contributed by atoms with Crippen LogP contribution in [-0.4, -0.2) is 21.0 Å². The fraction of sp³-hybridized carbons (Fsp3) is 0.333. The number of hydrogen-bond acceptors (Lipinski definition) is 3. The second kappa shape index (κ2) is 5.73. The van der Waals surface area contributed by atoms with Crippen LogP contribution >= 0.6 is 34.8 Å². The van der Waals surface area contributed by atoms with Crippen LogP contribution in [-0.2, 0) is 10.0 Å². The maximum atomic E-state index is 12.0. The van der Waals surface area contributed by atoms with Crippen molar-refractivity contribution >= 4 is 44.8 Å². The third-order valence-electron chi connectivity index (χ3n) is 1.94. The summed E-state index contributed by atoms with van der Waals surface area (Å²) in [7, 11) is -3.80. The highest BCUT2D eigenvalue weighted by Crippen LogP contribution is 2.32.